The van der Waals surface area contributed by atoms with E-state index in [-0.39, 0.29) is 6.61 Å². The van der Waals surface area contributed by atoms with E-state index in [0.29, 0.717) is 13.2 Å². The van der Waals surface area contributed by atoms with Crippen LogP contribution in [0.3, 0.4) is 0 Å². The zero-order chi connectivity index (χ0) is 9.40. The van der Waals surface area contributed by atoms with Crippen molar-refractivity contribution >= 4 is 6.09 Å². The lowest BCUT2D eigenvalue weighted by molar-refractivity contribution is 0.0921. The smallest absolute Gasteiger partial charge is 0.409 e. The fraction of sp³-hybridized carbons (Fsp3) is 0.857. The van der Waals surface area contributed by atoms with Gasteiger partial charge in [0.1, 0.15) is 13.3 Å². The van der Waals surface area contributed by atoms with Gasteiger partial charge < -0.3 is 14.4 Å². The van der Waals surface area contributed by atoms with Crippen LogP contribution in [0.15, 0.2) is 0 Å². The molecule has 0 atom stereocenters. The fourth-order valence-corrected chi connectivity index (χ4v) is 0.556. The number of ether oxygens (including phenoxy) is 2. The van der Waals surface area contributed by atoms with Crippen molar-refractivity contribution in [2.24, 2.45) is 0 Å². The minimum absolute atomic E-state index is 0.184. The first kappa shape index (κ1) is 11.2. The molecule has 0 aromatic heterocycles. The highest BCUT2D eigenvalue weighted by Gasteiger charge is 2.08. The molecule has 0 aliphatic heterocycles. The summed E-state index contributed by atoms with van der Waals surface area (Å²) in [5, 5.41) is 0. The van der Waals surface area contributed by atoms with E-state index in [1.165, 1.54) is 4.90 Å². The van der Waals surface area contributed by atoms with E-state index in [4.69, 9.17) is 4.74 Å². The Morgan fingerprint density at radius 2 is 2.17 bits per heavy atom. The van der Waals surface area contributed by atoms with Gasteiger partial charge in [0, 0.05) is 20.7 Å². The first-order valence-electron chi connectivity index (χ1n) is 3.65. The summed E-state index contributed by atoms with van der Waals surface area (Å²) in [6, 6.07) is 0. The van der Waals surface area contributed by atoms with Crippen LogP contribution in [-0.4, -0.2) is 51.6 Å². The fourth-order valence-electron chi connectivity index (χ4n) is 0.556. The molecule has 72 valence electrons. The molecule has 0 N–H and O–H groups in total. The molecule has 0 aliphatic rings. The molecule has 0 saturated carbocycles. The van der Waals surface area contributed by atoms with Gasteiger partial charge in [-0.15, -0.1) is 0 Å². The highest BCUT2D eigenvalue weighted by Crippen LogP contribution is 1.89. The van der Waals surface area contributed by atoms with Crippen molar-refractivity contribution in [3.05, 3.63) is 0 Å². The third-order valence-electron chi connectivity index (χ3n) is 1.25. The van der Waals surface area contributed by atoms with Crippen molar-refractivity contribution in [3.63, 3.8) is 0 Å². The maximum absolute atomic E-state index is 11.5. The van der Waals surface area contributed by atoms with Crippen LogP contribution in [0.2, 0.25) is 0 Å². The largest absolute Gasteiger partial charge is 0.447 e. The molecule has 0 spiro atoms. The van der Waals surface area contributed by atoms with Gasteiger partial charge in [-0.1, -0.05) is 0 Å². The lowest BCUT2D eigenvalue weighted by Crippen LogP contribution is -2.30. The van der Waals surface area contributed by atoms with Crippen LogP contribution in [0.25, 0.3) is 0 Å². The minimum atomic E-state index is -0.649. The summed E-state index contributed by atoms with van der Waals surface area (Å²) in [6.07, 6.45) is -0.523. The second-order valence-electron chi connectivity index (χ2n) is 2.22. The van der Waals surface area contributed by atoms with Gasteiger partial charge >= 0.3 is 6.09 Å². The second-order valence-corrected chi connectivity index (χ2v) is 2.22. The molecule has 0 fully saturated rings. The average molecular weight is 179 g/mol. The molecule has 0 heterocycles. The molecular weight excluding hydrogens is 165 g/mol. The molecule has 0 aromatic rings. The molecule has 4 nitrogen and oxygen atoms in total. The Kier molecular flexibility index (Phi) is 6.37. The Morgan fingerprint density at radius 3 is 2.67 bits per heavy atom. The van der Waals surface area contributed by atoms with Gasteiger partial charge in [-0.05, 0) is 0 Å². The number of halogens is 1. The van der Waals surface area contributed by atoms with Crippen molar-refractivity contribution in [3.8, 4) is 0 Å². The second kappa shape index (κ2) is 6.84. The molecule has 0 aliphatic carbocycles. The SMILES string of the molecule is COCCN(C)C(=O)OCCF. The summed E-state index contributed by atoms with van der Waals surface area (Å²) in [6.45, 7) is 0.0584. The summed E-state index contributed by atoms with van der Waals surface area (Å²) in [4.78, 5) is 12.2. The van der Waals surface area contributed by atoms with E-state index in [9.17, 15) is 9.18 Å². The topological polar surface area (TPSA) is 38.8 Å². The number of carbonyl (C=O) groups excluding carboxylic acids is 1. The number of amides is 1. The van der Waals surface area contributed by atoms with Crippen LogP contribution >= 0.6 is 0 Å². The normalized spacial score (nSPS) is 9.58. The Morgan fingerprint density at radius 1 is 1.50 bits per heavy atom. The zero-order valence-corrected chi connectivity index (χ0v) is 7.38. The van der Waals surface area contributed by atoms with Gasteiger partial charge in [0.2, 0.25) is 0 Å². The van der Waals surface area contributed by atoms with Gasteiger partial charge in [-0.2, -0.15) is 0 Å². The van der Waals surface area contributed by atoms with Crippen LogP contribution in [0.4, 0.5) is 9.18 Å². The number of hydrogen-bond acceptors (Lipinski definition) is 3. The van der Waals surface area contributed by atoms with E-state index in [1.807, 2.05) is 0 Å². The highest BCUT2D eigenvalue weighted by molar-refractivity contribution is 5.67. The van der Waals surface area contributed by atoms with Crippen LogP contribution in [0.1, 0.15) is 0 Å². The first-order valence-corrected chi connectivity index (χ1v) is 3.65. The predicted octanol–water partition coefficient (Wildman–Crippen LogP) is 0.671. The van der Waals surface area contributed by atoms with E-state index >= 15 is 0 Å². The Balaban J connectivity index is 3.47. The first-order chi connectivity index (χ1) is 5.72. The standard InChI is InChI=1S/C7H14FNO3/c1-9(4-6-11-2)7(10)12-5-3-8/h3-6H2,1-2H3. The molecule has 5 heteroatoms. The average Bonchev–Trinajstić information content (AvgIpc) is 2.10. The third kappa shape index (κ3) is 4.90. The predicted molar refractivity (Wildman–Crippen MR) is 41.8 cm³/mol. The third-order valence-corrected chi connectivity index (χ3v) is 1.25. The molecule has 0 radical (unpaired) electrons. The van der Waals surface area contributed by atoms with E-state index in [0.717, 1.165) is 0 Å². The number of rotatable bonds is 5. The number of hydrogen-bond donors (Lipinski definition) is 0. The van der Waals surface area contributed by atoms with Gasteiger partial charge in [-0.3, -0.25) is 0 Å². The Bertz CT molecular complexity index is 132. The number of carbonyl (C=O) groups is 1. The van der Waals surface area contributed by atoms with E-state index in [1.54, 1.807) is 14.2 Å². The van der Waals surface area contributed by atoms with Crippen molar-refractivity contribution in [2.75, 3.05) is 40.6 Å². The van der Waals surface area contributed by atoms with Gasteiger partial charge in [0.25, 0.3) is 0 Å². The van der Waals surface area contributed by atoms with Crippen LogP contribution < -0.4 is 0 Å². The van der Waals surface area contributed by atoms with Crippen molar-refractivity contribution in [2.45, 2.75) is 0 Å². The number of alkyl halides is 1. The minimum Gasteiger partial charge on any atom is -0.447 e. The highest BCUT2D eigenvalue weighted by atomic mass is 19.1. The Hall–Kier alpha value is -0.840. The summed E-state index contributed by atoms with van der Waals surface area (Å²) in [5.41, 5.74) is 0. The monoisotopic (exact) mass is 179 g/mol. The summed E-state index contributed by atoms with van der Waals surface area (Å²) >= 11 is 0. The van der Waals surface area contributed by atoms with Gasteiger partial charge in [0.15, 0.2) is 0 Å². The molecule has 12 heavy (non-hydrogen) atoms. The molecule has 1 amide bonds. The summed E-state index contributed by atoms with van der Waals surface area (Å²) in [5.74, 6) is 0. The summed E-state index contributed by atoms with van der Waals surface area (Å²) in [7, 11) is 3.11. The number of methoxy groups -OCH3 is 1. The molecule has 0 saturated heterocycles. The number of nitrogens with zero attached hydrogens (tertiary/aromatic N) is 1. The molecular formula is C7H14FNO3. The summed E-state index contributed by atoms with van der Waals surface area (Å²) < 4.78 is 20.8. The quantitative estimate of drug-likeness (QED) is 0.622. The van der Waals surface area contributed by atoms with Crippen molar-refractivity contribution in [1.82, 2.24) is 4.90 Å². The maximum atomic E-state index is 11.5. The Labute approximate surface area is 71.2 Å². The van der Waals surface area contributed by atoms with Gasteiger partial charge in [0.05, 0.1) is 6.61 Å². The van der Waals surface area contributed by atoms with Crippen molar-refractivity contribution < 1.29 is 18.7 Å². The van der Waals surface area contributed by atoms with E-state index < -0.39 is 12.8 Å². The molecule has 0 unspecified atom stereocenters. The van der Waals surface area contributed by atoms with E-state index in [2.05, 4.69) is 4.74 Å². The zero-order valence-electron chi connectivity index (χ0n) is 7.38. The number of likely N-dealkylation sites (N-methyl/N-ethyl adjacent to an activating group) is 1. The van der Waals surface area contributed by atoms with Crippen LogP contribution in [-0.2, 0) is 9.47 Å². The lowest BCUT2D eigenvalue weighted by atomic mass is 10.6. The van der Waals surface area contributed by atoms with Gasteiger partial charge in [-0.25, -0.2) is 9.18 Å². The van der Waals surface area contributed by atoms with Crippen molar-refractivity contribution in [1.29, 1.82) is 0 Å². The maximum Gasteiger partial charge on any atom is 0.409 e. The van der Waals surface area contributed by atoms with Crippen LogP contribution in [0, 0.1) is 0 Å². The molecule has 0 aromatic carbocycles. The van der Waals surface area contributed by atoms with Crippen LogP contribution in [0.5, 0.6) is 0 Å². The molecule has 0 rings (SSSR count). The lowest BCUT2D eigenvalue weighted by Gasteiger charge is -2.15. The molecule has 0 bridgehead atoms.